The second-order valence-electron chi connectivity index (χ2n) is 4.14. The quantitative estimate of drug-likeness (QED) is 0.478. The monoisotopic (exact) mass is 279 g/mol. The van der Waals surface area contributed by atoms with Crippen molar-refractivity contribution in [2.75, 3.05) is 6.79 Å². The summed E-state index contributed by atoms with van der Waals surface area (Å²) < 4.78 is 10.00. The molecule has 0 unspecified atom stereocenters. The zero-order chi connectivity index (χ0) is 15.1. The van der Waals surface area contributed by atoms with E-state index in [0.717, 1.165) is 17.2 Å². The number of hydrogen-bond donors (Lipinski definition) is 0. The summed E-state index contributed by atoms with van der Waals surface area (Å²) in [5, 5.41) is 8.77. The minimum absolute atomic E-state index is 0.152. The van der Waals surface area contributed by atoms with Gasteiger partial charge < -0.3 is 9.47 Å². The van der Waals surface area contributed by atoms with E-state index in [2.05, 4.69) is 12.6 Å². The summed E-state index contributed by atoms with van der Waals surface area (Å²) in [5.74, 6) is 0.0773. The summed E-state index contributed by atoms with van der Waals surface area (Å²) in [5.41, 5.74) is 2.65. The van der Waals surface area contributed by atoms with Gasteiger partial charge in [0, 0.05) is 6.08 Å². The van der Waals surface area contributed by atoms with Crippen LogP contribution in [0.2, 0.25) is 0 Å². The molecule has 2 rings (SSSR count). The smallest absolute Gasteiger partial charge is 0.333 e. The van der Waals surface area contributed by atoms with E-state index in [1.807, 2.05) is 24.3 Å². The van der Waals surface area contributed by atoms with Gasteiger partial charge in [0.2, 0.25) is 6.79 Å². The first-order valence-electron chi connectivity index (χ1n) is 6.25. The van der Waals surface area contributed by atoms with E-state index < -0.39 is 5.97 Å². The Hall–Kier alpha value is -3.06. The van der Waals surface area contributed by atoms with E-state index in [4.69, 9.17) is 14.7 Å². The maximum absolute atomic E-state index is 10.9. The number of rotatable bonds is 5. The maximum atomic E-state index is 10.9. The molecule has 0 fully saturated rings. The van der Waals surface area contributed by atoms with Crippen molar-refractivity contribution >= 4 is 5.97 Å². The third-order valence-corrected chi connectivity index (χ3v) is 2.80. The fourth-order valence-corrected chi connectivity index (χ4v) is 1.70. The van der Waals surface area contributed by atoms with Gasteiger partial charge in [-0.05, 0) is 35.4 Å². The Morgan fingerprint density at radius 2 is 1.67 bits per heavy atom. The number of carbonyl (C=O) groups excluding carboxylic acids is 1. The van der Waals surface area contributed by atoms with Crippen LogP contribution in [0.3, 0.4) is 0 Å². The highest BCUT2D eigenvalue weighted by Crippen LogP contribution is 2.22. The van der Waals surface area contributed by atoms with Crippen LogP contribution in [0, 0.1) is 11.3 Å². The Morgan fingerprint density at radius 3 is 2.19 bits per heavy atom. The molecule has 0 saturated heterocycles. The Bertz CT molecular complexity index is 667. The van der Waals surface area contributed by atoms with Crippen LogP contribution in [0.15, 0.2) is 61.2 Å². The van der Waals surface area contributed by atoms with Gasteiger partial charge in [0.05, 0.1) is 11.6 Å². The van der Waals surface area contributed by atoms with Crippen LogP contribution in [0.5, 0.6) is 5.75 Å². The highest BCUT2D eigenvalue weighted by atomic mass is 16.7. The molecular weight excluding hydrogens is 266 g/mol. The van der Waals surface area contributed by atoms with Crippen LogP contribution in [0.4, 0.5) is 0 Å². The van der Waals surface area contributed by atoms with E-state index in [9.17, 15) is 4.79 Å². The van der Waals surface area contributed by atoms with E-state index >= 15 is 0 Å². The first-order chi connectivity index (χ1) is 10.2. The van der Waals surface area contributed by atoms with Gasteiger partial charge in [0.25, 0.3) is 0 Å². The van der Waals surface area contributed by atoms with Gasteiger partial charge in [-0.2, -0.15) is 5.26 Å². The lowest BCUT2D eigenvalue weighted by atomic mass is 10.0. The largest absolute Gasteiger partial charge is 0.457 e. The second-order valence-corrected chi connectivity index (χ2v) is 4.14. The molecule has 0 aliphatic carbocycles. The molecule has 4 heteroatoms. The van der Waals surface area contributed by atoms with Crippen molar-refractivity contribution in [3.63, 3.8) is 0 Å². The van der Waals surface area contributed by atoms with E-state index in [-0.39, 0.29) is 6.79 Å². The Labute approximate surface area is 122 Å². The van der Waals surface area contributed by atoms with Gasteiger partial charge in [-0.15, -0.1) is 0 Å². The summed E-state index contributed by atoms with van der Waals surface area (Å²) in [6.45, 7) is 3.14. The number of nitrogens with zero attached hydrogens (tertiary/aromatic N) is 1. The minimum atomic E-state index is -0.524. The van der Waals surface area contributed by atoms with Gasteiger partial charge in [0.15, 0.2) is 0 Å². The Balaban J connectivity index is 1.99. The summed E-state index contributed by atoms with van der Waals surface area (Å²) in [7, 11) is 0. The fourth-order valence-electron chi connectivity index (χ4n) is 1.70. The second kappa shape index (κ2) is 6.92. The predicted octanol–water partition coefficient (Wildman–Crippen LogP) is 3.29. The van der Waals surface area contributed by atoms with E-state index in [1.165, 1.54) is 0 Å². The molecule has 0 radical (unpaired) electrons. The van der Waals surface area contributed by atoms with Crippen LogP contribution in [0.25, 0.3) is 11.1 Å². The van der Waals surface area contributed by atoms with Crippen molar-refractivity contribution in [2.24, 2.45) is 0 Å². The van der Waals surface area contributed by atoms with Crippen LogP contribution in [-0.4, -0.2) is 12.8 Å². The Kier molecular flexibility index (Phi) is 4.73. The number of carbonyl (C=O) groups is 1. The van der Waals surface area contributed by atoms with Gasteiger partial charge in [-0.3, -0.25) is 0 Å². The molecule has 0 aromatic heterocycles. The molecule has 0 bridgehead atoms. The lowest BCUT2D eigenvalue weighted by Crippen LogP contribution is -2.07. The van der Waals surface area contributed by atoms with Gasteiger partial charge in [0.1, 0.15) is 5.75 Å². The topological polar surface area (TPSA) is 59.3 Å². The average Bonchev–Trinajstić information content (AvgIpc) is 2.55. The summed E-state index contributed by atoms with van der Waals surface area (Å²) >= 11 is 0. The van der Waals surface area contributed by atoms with Crippen LogP contribution < -0.4 is 4.74 Å². The van der Waals surface area contributed by atoms with Gasteiger partial charge >= 0.3 is 5.97 Å². The lowest BCUT2D eigenvalue weighted by molar-refractivity contribution is -0.144. The normalized spacial score (nSPS) is 9.48. The molecule has 21 heavy (non-hydrogen) atoms. The highest BCUT2D eigenvalue weighted by Gasteiger charge is 2.00. The summed E-state index contributed by atoms with van der Waals surface area (Å²) in [6, 6.07) is 16.8. The lowest BCUT2D eigenvalue weighted by Gasteiger charge is -2.07. The molecule has 0 aliphatic rings. The maximum Gasteiger partial charge on any atom is 0.333 e. The molecule has 0 N–H and O–H groups in total. The standard InChI is InChI=1S/C17H13NO3/c1-2-17(19)21-12-20-16-9-7-15(8-10-16)14-5-3-13(11-18)4-6-14/h2-10H,1,12H2. The van der Waals surface area contributed by atoms with Crippen molar-refractivity contribution in [1.82, 2.24) is 0 Å². The molecular formula is C17H13NO3. The first kappa shape index (κ1) is 14.4. The third kappa shape index (κ3) is 3.95. The zero-order valence-corrected chi connectivity index (χ0v) is 11.3. The van der Waals surface area contributed by atoms with Gasteiger partial charge in [-0.25, -0.2) is 4.79 Å². The predicted molar refractivity (Wildman–Crippen MR) is 78.4 cm³/mol. The van der Waals surface area contributed by atoms with Gasteiger partial charge in [-0.1, -0.05) is 30.8 Å². The van der Waals surface area contributed by atoms with Crippen molar-refractivity contribution in [3.8, 4) is 22.9 Å². The summed E-state index contributed by atoms with van der Waals surface area (Å²) in [6.07, 6.45) is 1.08. The third-order valence-electron chi connectivity index (χ3n) is 2.80. The molecule has 0 heterocycles. The molecule has 2 aromatic rings. The molecule has 0 amide bonds. The van der Waals surface area contributed by atoms with Crippen molar-refractivity contribution in [1.29, 1.82) is 5.26 Å². The number of ether oxygens (including phenoxy) is 2. The highest BCUT2D eigenvalue weighted by molar-refractivity contribution is 5.81. The average molecular weight is 279 g/mol. The molecule has 0 aliphatic heterocycles. The fraction of sp³-hybridized carbons (Fsp3) is 0.0588. The molecule has 0 saturated carbocycles. The van der Waals surface area contributed by atoms with Crippen LogP contribution >= 0.6 is 0 Å². The zero-order valence-electron chi connectivity index (χ0n) is 11.3. The van der Waals surface area contributed by atoms with E-state index in [1.54, 1.807) is 24.3 Å². The minimum Gasteiger partial charge on any atom is -0.457 e. The van der Waals surface area contributed by atoms with E-state index in [0.29, 0.717) is 11.3 Å². The van der Waals surface area contributed by atoms with Crippen molar-refractivity contribution in [3.05, 3.63) is 66.7 Å². The van der Waals surface area contributed by atoms with Crippen molar-refractivity contribution in [2.45, 2.75) is 0 Å². The van der Waals surface area contributed by atoms with Crippen LogP contribution in [0.1, 0.15) is 5.56 Å². The first-order valence-corrected chi connectivity index (χ1v) is 6.25. The van der Waals surface area contributed by atoms with Crippen molar-refractivity contribution < 1.29 is 14.3 Å². The summed E-state index contributed by atoms with van der Waals surface area (Å²) in [4.78, 5) is 10.9. The number of esters is 1. The molecule has 0 spiro atoms. The molecule has 0 atom stereocenters. The van der Waals surface area contributed by atoms with Crippen LogP contribution in [-0.2, 0) is 9.53 Å². The number of benzene rings is 2. The number of nitriles is 1. The molecule has 2 aromatic carbocycles. The Morgan fingerprint density at radius 1 is 1.10 bits per heavy atom. The number of hydrogen-bond acceptors (Lipinski definition) is 4. The molecule has 4 nitrogen and oxygen atoms in total. The molecule has 104 valence electrons. The SMILES string of the molecule is C=CC(=O)OCOc1ccc(-c2ccc(C#N)cc2)cc1.